The number of nitrogens with one attached hydrogen (secondary N) is 1. The molecule has 1 aromatic carbocycles. The fourth-order valence-corrected chi connectivity index (χ4v) is 3.93. The minimum absolute atomic E-state index is 0.0284. The molecule has 1 N–H and O–H groups in total. The summed E-state index contributed by atoms with van der Waals surface area (Å²) < 4.78 is 0. The van der Waals surface area contributed by atoms with E-state index in [0.29, 0.717) is 25.2 Å². The first-order chi connectivity index (χ1) is 14.1. The van der Waals surface area contributed by atoms with Crippen LogP contribution in [0.4, 0.5) is 0 Å². The zero-order valence-corrected chi connectivity index (χ0v) is 16.2. The molecule has 4 rings (SSSR count). The summed E-state index contributed by atoms with van der Waals surface area (Å²) in [5, 5.41) is 2.87. The molecule has 0 saturated carbocycles. The van der Waals surface area contributed by atoms with E-state index in [1.54, 1.807) is 34.3 Å². The molecule has 0 bridgehead atoms. The number of piperazine rings is 1. The number of rotatable bonds is 5. The van der Waals surface area contributed by atoms with Gasteiger partial charge in [-0.15, -0.1) is 0 Å². The lowest BCUT2D eigenvalue weighted by Gasteiger charge is -2.42. The van der Waals surface area contributed by atoms with E-state index in [1.165, 1.54) is 0 Å². The van der Waals surface area contributed by atoms with Gasteiger partial charge >= 0.3 is 0 Å². The first kappa shape index (κ1) is 19.1. The first-order valence-electron chi connectivity index (χ1n) is 9.96. The summed E-state index contributed by atoms with van der Waals surface area (Å²) in [4.78, 5) is 44.9. The van der Waals surface area contributed by atoms with Gasteiger partial charge in [0.25, 0.3) is 5.91 Å². The second kappa shape index (κ2) is 8.43. The third kappa shape index (κ3) is 4.29. The van der Waals surface area contributed by atoms with Crippen molar-refractivity contribution in [2.45, 2.75) is 38.4 Å². The predicted molar refractivity (Wildman–Crippen MR) is 107 cm³/mol. The zero-order chi connectivity index (χ0) is 20.2. The molecule has 7 heteroatoms. The number of nitrogens with zero attached hydrogens (tertiary/aromatic N) is 3. The lowest BCUT2D eigenvalue weighted by atomic mass is 9.98. The summed E-state index contributed by atoms with van der Waals surface area (Å²) in [5.41, 5.74) is 2.39. The van der Waals surface area contributed by atoms with E-state index in [4.69, 9.17) is 0 Å². The standard InChI is InChI=1S/C22H24N4O3/c27-20-15-25(22(29)19-5-1-2-11-26(19)20)14-16-6-8-18(9-7-16)21(28)24-13-17-4-3-10-23-12-17/h3-4,6-10,12,19H,1-2,5,11,13-15H2,(H,24,28). The van der Waals surface area contributed by atoms with Gasteiger partial charge in [0.05, 0.1) is 0 Å². The molecule has 2 aliphatic rings. The number of pyridine rings is 1. The monoisotopic (exact) mass is 392 g/mol. The minimum atomic E-state index is -0.303. The number of carbonyl (C=O) groups excluding carboxylic acids is 3. The lowest BCUT2D eigenvalue weighted by Crippen LogP contribution is -2.60. The van der Waals surface area contributed by atoms with Gasteiger partial charge in [0, 0.05) is 37.6 Å². The molecule has 3 heterocycles. The summed E-state index contributed by atoms with van der Waals surface area (Å²) in [5.74, 6) is -0.106. The number of hydrogen-bond acceptors (Lipinski definition) is 4. The van der Waals surface area contributed by atoms with Crippen LogP contribution in [-0.4, -0.2) is 51.6 Å². The summed E-state index contributed by atoms with van der Waals surface area (Å²) in [6, 6.07) is 10.6. The van der Waals surface area contributed by atoms with Gasteiger partial charge in [0.15, 0.2) is 0 Å². The third-order valence-electron chi connectivity index (χ3n) is 5.51. The Morgan fingerprint density at radius 2 is 1.93 bits per heavy atom. The summed E-state index contributed by atoms with van der Waals surface area (Å²) >= 11 is 0. The zero-order valence-electron chi connectivity index (χ0n) is 16.2. The molecular formula is C22H24N4O3. The smallest absolute Gasteiger partial charge is 0.251 e. The Hall–Kier alpha value is -3.22. The Bertz CT molecular complexity index is 898. The summed E-state index contributed by atoms with van der Waals surface area (Å²) in [6.45, 7) is 1.61. The fourth-order valence-electron chi connectivity index (χ4n) is 3.93. The van der Waals surface area contributed by atoms with E-state index in [-0.39, 0.29) is 30.3 Å². The van der Waals surface area contributed by atoms with Crippen LogP contribution in [0.1, 0.15) is 40.7 Å². The van der Waals surface area contributed by atoms with Crippen LogP contribution >= 0.6 is 0 Å². The molecule has 2 fully saturated rings. The maximum atomic E-state index is 12.8. The highest BCUT2D eigenvalue weighted by molar-refractivity contribution is 5.95. The van der Waals surface area contributed by atoms with Crippen LogP contribution in [-0.2, 0) is 22.7 Å². The highest BCUT2D eigenvalue weighted by Crippen LogP contribution is 2.24. The second-order valence-corrected chi connectivity index (χ2v) is 7.53. The van der Waals surface area contributed by atoms with Crippen LogP contribution in [0, 0.1) is 0 Å². The van der Waals surface area contributed by atoms with Gasteiger partial charge in [-0.3, -0.25) is 19.4 Å². The molecule has 29 heavy (non-hydrogen) atoms. The van der Waals surface area contributed by atoms with Gasteiger partial charge in [-0.2, -0.15) is 0 Å². The molecule has 2 saturated heterocycles. The Kier molecular flexibility index (Phi) is 5.55. The number of fused-ring (bicyclic) bond motifs is 1. The van der Waals surface area contributed by atoms with Gasteiger partial charge in [-0.1, -0.05) is 18.2 Å². The second-order valence-electron chi connectivity index (χ2n) is 7.53. The highest BCUT2D eigenvalue weighted by Gasteiger charge is 2.40. The van der Waals surface area contributed by atoms with Crippen molar-refractivity contribution >= 4 is 17.7 Å². The number of amides is 3. The maximum Gasteiger partial charge on any atom is 0.251 e. The topological polar surface area (TPSA) is 82.6 Å². The Balaban J connectivity index is 1.36. The molecule has 0 aliphatic carbocycles. The molecule has 3 amide bonds. The Morgan fingerprint density at radius 1 is 1.10 bits per heavy atom. The van der Waals surface area contributed by atoms with Crippen molar-refractivity contribution in [3.05, 3.63) is 65.5 Å². The van der Waals surface area contributed by atoms with E-state index in [9.17, 15) is 14.4 Å². The van der Waals surface area contributed by atoms with Crippen LogP contribution < -0.4 is 5.32 Å². The molecule has 0 radical (unpaired) electrons. The maximum absolute atomic E-state index is 12.8. The molecule has 2 aromatic rings. The number of hydrogen-bond donors (Lipinski definition) is 1. The number of piperidine rings is 1. The van der Waals surface area contributed by atoms with Gasteiger partial charge < -0.3 is 15.1 Å². The van der Waals surface area contributed by atoms with Gasteiger partial charge in [-0.05, 0) is 48.6 Å². The molecule has 2 aliphatic heterocycles. The number of carbonyl (C=O) groups is 3. The van der Waals surface area contributed by atoms with E-state index in [2.05, 4.69) is 10.3 Å². The average molecular weight is 392 g/mol. The SMILES string of the molecule is O=C(NCc1cccnc1)c1ccc(CN2CC(=O)N3CCCCC3C2=O)cc1. The van der Waals surface area contributed by atoms with E-state index >= 15 is 0 Å². The normalized spacial score (nSPS) is 19.1. The van der Waals surface area contributed by atoms with E-state index in [0.717, 1.165) is 30.4 Å². The van der Waals surface area contributed by atoms with Crippen LogP contribution in [0.5, 0.6) is 0 Å². The van der Waals surface area contributed by atoms with Gasteiger partial charge in [0.1, 0.15) is 12.6 Å². The van der Waals surface area contributed by atoms with Crippen molar-refractivity contribution in [3.8, 4) is 0 Å². The molecule has 0 spiro atoms. The van der Waals surface area contributed by atoms with Crippen LogP contribution in [0.15, 0.2) is 48.8 Å². The fraction of sp³-hybridized carbons (Fsp3) is 0.364. The summed E-state index contributed by atoms with van der Waals surface area (Å²) in [6.07, 6.45) is 6.11. The van der Waals surface area contributed by atoms with Crippen molar-refractivity contribution in [3.63, 3.8) is 0 Å². The number of aromatic nitrogens is 1. The average Bonchev–Trinajstić information content (AvgIpc) is 2.77. The molecule has 1 aromatic heterocycles. The van der Waals surface area contributed by atoms with E-state index < -0.39 is 0 Å². The highest BCUT2D eigenvalue weighted by atomic mass is 16.2. The molecule has 7 nitrogen and oxygen atoms in total. The predicted octanol–water partition coefficient (Wildman–Crippen LogP) is 1.73. The molecule has 1 unspecified atom stereocenters. The van der Waals surface area contributed by atoms with E-state index in [1.807, 2.05) is 24.3 Å². The van der Waals surface area contributed by atoms with Crippen LogP contribution in [0.3, 0.4) is 0 Å². The summed E-state index contributed by atoms with van der Waals surface area (Å²) in [7, 11) is 0. The van der Waals surface area contributed by atoms with Crippen molar-refractivity contribution in [2.24, 2.45) is 0 Å². The molecule has 150 valence electrons. The molecule has 1 atom stereocenters. The van der Waals surface area contributed by atoms with Crippen molar-refractivity contribution in [1.82, 2.24) is 20.1 Å². The Labute approximate surface area is 169 Å². The Morgan fingerprint density at radius 3 is 2.69 bits per heavy atom. The molecular weight excluding hydrogens is 368 g/mol. The van der Waals surface area contributed by atoms with Gasteiger partial charge in [0.2, 0.25) is 11.8 Å². The number of benzene rings is 1. The van der Waals surface area contributed by atoms with Crippen molar-refractivity contribution in [2.75, 3.05) is 13.1 Å². The minimum Gasteiger partial charge on any atom is -0.348 e. The van der Waals surface area contributed by atoms with Crippen molar-refractivity contribution < 1.29 is 14.4 Å². The first-order valence-corrected chi connectivity index (χ1v) is 9.96. The third-order valence-corrected chi connectivity index (χ3v) is 5.51. The van der Waals surface area contributed by atoms with Gasteiger partial charge in [-0.25, -0.2) is 0 Å². The van der Waals surface area contributed by atoms with Crippen LogP contribution in [0.25, 0.3) is 0 Å². The van der Waals surface area contributed by atoms with Crippen molar-refractivity contribution in [1.29, 1.82) is 0 Å². The largest absolute Gasteiger partial charge is 0.348 e. The van der Waals surface area contributed by atoms with Crippen LogP contribution in [0.2, 0.25) is 0 Å². The lowest BCUT2D eigenvalue weighted by molar-refractivity contribution is -0.158. The quantitative estimate of drug-likeness (QED) is 0.840.